The van der Waals surface area contributed by atoms with E-state index in [2.05, 4.69) is 39.9 Å². The van der Waals surface area contributed by atoms with Gasteiger partial charge in [0.15, 0.2) is 35.1 Å². The molecule has 0 bridgehead atoms. The second kappa shape index (κ2) is 12.8. The number of phosphoric acid groups is 1. The predicted molar refractivity (Wildman–Crippen MR) is 153 cm³/mol. The third-order valence-corrected chi connectivity index (χ3v) is 8.65. The van der Waals surface area contributed by atoms with Gasteiger partial charge >= 0.3 is 16.1 Å². The van der Waals surface area contributed by atoms with Crippen LogP contribution in [0.25, 0.3) is 32.8 Å². The molecule has 0 aliphatic carbocycles. The van der Waals surface area contributed by atoms with Crippen molar-refractivity contribution in [2.45, 2.75) is 49.0 Å². The zero-order valence-electron chi connectivity index (χ0n) is 23.4. The summed E-state index contributed by atoms with van der Waals surface area (Å²) in [5, 5.41) is 24.9. The van der Waals surface area contributed by atoms with E-state index in [-0.39, 0.29) is 34.1 Å². The normalized spacial score (nSPS) is 29.6. The van der Waals surface area contributed by atoms with Crippen molar-refractivity contribution in [1.29, 1.82) is 0 Å². The Hall–Kier alpha value is -4.09. The quantitative estimate of drug-likeness (QED) is 0.0393. The predicted octanol–water partition coefficient (Wildman–Crippen LogP) is -1.78. The van der Waals surface area contributed by atoms with Crippen molar-refractivity contribution in [2.24, 2.45) is 5.11 Å². The van der Waals surface area contributed by atoms with Crippen molar-refractivity contribution in [2.75, 3.05) is 24.7 Å². The van der Waals surface area contributed by atoms with Crippen LogP contribution in [0.4, 0.5) is 11.8 Å². The summed E-state index contributed by atoms with van der Waals surface area (Å²) >= 11 is 0. The van der Waals surface area contributed by atoms with Gasteiger partial charge in [-0.05, 0) is 5.53 Å². The Morgan fingerprint density at radius 1 is 1.06 bits per heavy atom. The molecule has 6 heterocycles. The maximum Gasteiger partial charge on any atom is 0.472 e. The number of azide groups is 1. The van der Waals surface area contributed by atoms with Gasteiger partial charge in [0, 0.05) is 4.91 Å². The number of nitrogen functional groups attached to an aromatic ring is 2. The Kier molecular flexibility index (Phi) is 8.97. The van der Waals surface area contributed by atoms with Crippen molar-refractivity contribution in [3.05, 3.63) is 39.8 Å². The molecule has 0 spiro atoms. The lowest BCUT2D eigenvalue weighted by Crippen LogP contribution is -2.35. The minimum absolute atomic E-state index is 0.0579. The van der Waals surface area contributed by atoms with Crippen molar-refractivity contribution in [3.63, 3.8) is 0 Å². The summed E-state index contributed by atoms with van der Waals surface area (Å²) in [6.07, 6.45) is -6.94. The second-order valence-electron chi connectivity index (χ2n) is 10.1. The molecule has 9 N–H and O–H groups in total. The van der Waals surface area contributed by atoms with Crippen molar-refractivity contribution >= 4 is 50.2 Å². The number of aliphatic hydroxyl groups excluding tert-OH is 2. The molecule has 2 aliphatic rings. The number of nitrogens with two attached hydrogens (primary N) is 2. The van der Waals surface area contributed by atoms with Crippen molar-refractivity contribution < 1.29 is 52.2 Å². The minimum atomic E-state index is -5.19. The van der Waals surface area contributed by atoms with Gasteiger partial charge in [-0.25, -0.2) is 24.5 Å². The lowest BCUT2D eigenvalue weighted by molar-refractivity contribution is -0.0607. The van der Waals surface area contributed by atoms with Crippen LogP contribution in [-0.4, -0.2) is 109 Å². The topological polar surface area (TPSA) is 369 Å². The molecule has 0 radical (unpaired) electrons. The van der Waals surface area contributed by atoms with E-state index in [1.54, 1.807) is 0 Å². The number of hydrogen-bond acceptors (Lipinski definition) is 18. The Balaban J connectivity index is 1.24. The molecule has 27 heteroatoms. The molecule has 47 heavy (non-hydrogen) atoms. The molecule has 0 saturated carbocycles. The molecule has 2 aliphatic heterocycles. The summed E-state index contributed by atoms with van der Waals surface area (Å²) in [5.41, 5.74) is 20.0. The molecule has 2 saturated heterocycles. The van der Waals surface area contributed by atoms with Gasteiger partial charge in [0.25, 0.3) is 5.56 Å². The maximum atomic E-state index is 13.3. The molecule has 2 fully saturated rings. The standard InChI is InChI=1S/C20H25N13O12P2/c21-14-9-15(25-3-24-14)32(4-26-9)18-12(35)11(34)7(44-18)2-42-47(39,40)45-13-8(30-31-23)6(1-41-46(37)38)43-19(13)33-5-27-10-16(33)28-20(22)29-17(10)36/h3-8,11-13,18-19,34-35,46H,1-2H2,(H,37,38)(H,39,40)(H2,21,24,25)(H3,22,28,29,36)/t6-,7-,8?,11-,12-,13-,18-,19-/m1/s1. The lowest BCUT2D eigenvalue weighted by Gasteiger charge is -2.25. The van der Waals surface area contributed by atoms with E-state index in [4.69, 9.17) is 34.5 Å². The second-order valence-corrected chi connectivity index (χ2v) is 12.3. The number of hydrogen-bond donors (Lipinski definition) is 7. The maximum absolute atomic E-state index is 13.3. The number of aromatic amines is 1. The zero-order valence-corrected chi connectivity index (χ0v) is 25.3. The zero-order chi connectivity index (χ0) is 33.6. The molecular weight excluding hydrogens is 676 g/mol. The first-order valence-corrected chi connectivity index (χ1v) is 16.0. The molecule has 252 valence electrons. The average molecular weight is 701 g/mol. The number of rotatable bonds is 11. The highest BCUT2D eigenvalue weighted by Crippen LogP contribution is 2.51. The van der Waals surface area contributed by atoms with Crippen LogP contribution in [0.15, 0.2) is 28.9 Å². The summed E-state index contributed by atoms with van der Waals surface area (Å²) in [4.78, 5) is 57.2. The molecule has 3 unspecified atom stereocenters. The summed E-state index contributed by atoms with van der Waals surface area (Å²) in [6.45, 7) is -1.44. The average Bonchev–Trinajstić information content (AvgIpc) is 3.77. The Morgan fingerprint density at radius 3 is 2.49 bits per heavy atom. The van der Waals surface area contributed by atoms with Crippen LogP contribution >= 0.6 is 16.1 Å². The van der Waals surface area contributed by atoms with Gasteiger partial charge in [-0.3, -0.25) is 32.5 Å². The van der Waals surface area contributed by atoms with Crippen LogP contribution in [-0.2, 0) is 32.2 Å². The van der Waals surface area contributed by atoms with E-state index in [0.717, 1.165) is 17.2 Å². The molecule has 0 amide bonds. The highest BCUT2D eigenvalue weighted by atomic mass is 31.2. The number of ether oxygens (including phenoxy) is 2. The van der Waals surface area contributed by atoms with E-state index in [0.29, 0.717) is 0 Å². The summed E-state index contributed by atoms with van der Waals surface area (Å²) in [6, 6.07) is -1.49. The first-order valence-electron chi connectivity index (χ1n) is 13.3. The Morgan fingerprint density at radius 2 is 1.77 bits per heavy atom. The van der Waals surface area contributed by atoms with Gasteiger partial charge in [0.1, 0.15) is 36.3 Å². The number of phosphoric ester groups is 1. The van der Waals surface area contributed by atoms with Crippen LogP contribution in [0, 0.1) is 0 Å². The fourth-order valence-electron chi connectivity index (χ4n) is 5.18. The molecule has 6 rings (SSSR count). The van der Waals surface area contributed by atoms with Crippen LogP contribution in [0.2, 0.25) is 0 Å². The summed E-state index contributed by atoms with van der Waals surface area (Å²) in [7, 11) is -8.69. The highest BCUT2D eigenvalue weighted by molar-refractivity contribution is 7.47. The summed E-state index contributed by atoms with van der Waals surface area (Å²) < 4.78 is 53.8. The number of fused-ring (bicyclic) bond motifs is 2. The van der Waals surface area contributed by atoms with E-state index in [9.17, 15) is 39.5 Å². The number of anilines is 2. The van der Waals surface area contributed by atoms with E-state index in [1.165, 1.54) is 10.9 Å². The van der Waals surface area contributed by atoms with Gasteiger partial charge in [0.05, 0.1) is 38.0 Å². The Bertz CT molecular complexity index is 1980. The number of nitrogens with one attached hydrogen (secondary N) is 1. The first kappa shape index (κ1) is 32.8. The van der Waals surface area contributed by atoms with Gasteiger partial charge in [-0.1, -0.05) is 5.11 Å². The molecule has 4 aromatic heterocycles. The molecule has 10 atom stereocenters. The largest absolute Gasteiger partial charge is 0.472 e. The molecule has 0 aromatic carbocycles. The number of H-pyrrole nitrogens is 1. The van der Waals surface area contributed by atoms with Crippen molar-refractivity contribution in [1.82, 2.24) is 39.0 Å². The lowest BCUT2D eigenvalue weighted by atomic mass is 10.1. The fraction of sp³-hybridized carbons (Fsp3) is 0.500. The Labute approximate surface area is 260 Å². The smallest absolute Gasteiger partial charge is 0.387 e. The van der Waals surface area contributed by atoms with Gasteiger partial charge in [-0.15, -0.1) is 0 Å². The number of aromatic nitrogens is 8. The van der Waals surface area contributed by atoms with Crippen LogP contribution < -0.4 is 17.0 Å². The first-order chi connectivity index (χ1) is 22.4. The van der Waals surface area contributed by atoms with E-state index >= 15 is 0 Å². The molecular formula is C20H25N13O12P2. The SMILES string of the molecule is [N-]=[N+]=NC1[C@@H](OP(=O)(O)OC[C@H]2O[C@@H](n3cnc4c(N)ncnc43)[C@H](O)[C@@H]2O)[C@H](n2cnc3c(=O)[nH]c(N)nc32)O[C@@H]1CO[PH](=O)O. The van der Waals surface area contributed by atoms with Gasteiger partial charge < -0.3 is 45.5 Å². The number of imidazole rings is 2. The number of nitrogens with zero attached hydrogens (tertiary/aromatic N) is 10. The van der Waals surface area contributed by atoms with Crippen LogP contribution in [0.3, 0.4) is 0 Å². The summed E-state index contributed by atoms with van der Waals surface area (Å²) in [5.74, 6) is -0.251. The molecule has 4 aromatic rings. The van der Waals surface area contributed by atoms with E-state index < -0.39 is 83.9 Å². The molecule has 25 nitrogen and oxygen atoms in total. The minimum Gasteiger partial charge on any atom is -0.387 e. The van der Waals surface area contributed by atoms with Crippen LogP contribution in [0.5, 0.6) is 0 Å². The highest BCUT2D eigenvalue weighted by Gasteiger charge is 2.51. The van der Waals surface area contributed by atoms with Crippen LogP contribution in [0.1, 0.15) is 12.5 Å². The fourth-order valence-corrected chi connectivity index (χ4v) is 6.42. The monoisotopic (exact) mass is 701 g/mol. The number of aliphatic hydroxyl groups is 2. The van der Waals surface area contributed by atoms with Crippen molar-refractivity contribution in [3.8, 4) is 0 Å². The van der Waals surface area contributed by atoms with Gasteiger partial charge in [-0.2, -0.15) is 4.98 Å². The van der Waals surface area contributed by atoms with Gasteiger partial charge in [0.2, 0.25) is 5.95 Å². The van der Waals surface area contributed by atoms with E-state index in [1.807, 2.05) is 0 Å². The third-order valence-electron chi connectivity index (χ3n) is 7.25. The third kappa shape index (κ3) is 6.30.